The Kier molecular flexibility index (Phi) is 15.3. The van der Waals surface area contributed by atoms with Crippen LogP contribution in [-0.4, -0.2) is 39.9 Å². The van der Waals surface area contributed by atoms with Gasteiger partial charge in [0.2, 0.25) is 0 Å². The van der Waals surface area contributed by atoms with E-state index in [1.807, 2.05) is 0 Å². The average Bonchev–Trinajstić information content (AvgIpc) is 1.56. The van der Waals surface area contributed by atoms with E-state index in [-0.39, 0.29) is 0 Å². The van der Waals surface area contributed by atoms with Gasteiger partial charge in [-0.2, -0.15) is 0 Å². The minimum Gasteiger partial charge on any atom is -0.354 e. The lowest BCUT2D eigenvalue weighted by Gasteiger charge is -2.14. The monoisotopic (exact) mass is 1160 g/mol. The minimum atomic E-state index is 0.881. The number of rotatable bonds is 14. The molecule has 11 aromatic rings. The molecule has 88 heavy (non-hydrogen) atoms. The van der Waals surface area contributed by atoms with Crippen molar-refractivity contribution < 1.29 is 0 Å². The zero-order valence-electron chi connectivity index (χ0n) is 55.3. The number of benzene rings is 3. The van der Waals surface area contributed by atoms with Crippen molar-refractivity contribution in [1.29, 1.82) is 0 Å². The van der Waals surface area contributed by atoms with E-state index in [0.717, 1.165) is 144 Å². The van der Waals surface area contributed by atoms with Crippen LogP contribution in [0.1, 0.15) is 198 Å². The third kappa shape index (κ3) is 8.80. The van der Waals surface area contributed by atoms with Crippen LogP contribution >= 0.6 is 0 Å². The number of H-pyrrole nitrogens is 6. The second kappa shape index (κ2) is 23.0. The van der Waals surface area contributed by atoms with Crippen LogP contribution in [0, 0.1) is 27.7 Å². The molecule has 0 unspecified atom stereocenters. The SMILES string of the molecule is CCC1=C(CC)c2nc1cc1[nH]c(c(C)c1CC)c(-c1cccc3cc4cccc(-c5c6[nH]c(cc7nc(c8[nH]c(cc9[nH]c5c(C)c9CC)c(CC)c8CC)C(CC)=C7CC)c(CC)c6C)c4cc13)c1[nH]c(cc3[nH]c2c(CC)c3CC)c(CC)c1C. The second-order valence-electron chi connectivity index (χ2n) is 24.9. The molecule has 13 rings (SSSR count). The van der Waals surface area contributed by atoms with Gasteiger partial charge in [0, 0.05) is 44.2 Å². The van der Waals surface area contributed by atoms with Gasteiger partial charge < -0.3 is 29.9 Å². The standard InChI is InChI=1S/C80H90N8/c1-17-47-41(13)73-71(74-42(14)48(18-2)64(82-74)38-68-52(22-6)56(26-10)78(86-68)77-55(25-9)51(21-5)67(85-77)37-63(47)81-73)59-33-29-31-45-35-46-32-30-34-60(62(46)36-61(45)59)72-75-43(15)49(19-3)65(83-75)39-69-53(23-7)57(27-11)79(87-69)80-58(28-12)54(24-8)70(88-80)40-66-50(20-4)44(16)76(72)84-66/h29-40,81-85,87H,17-28H2,1-16H3. The minimum absolute atomic E-state index is 0.881. The quantitative estimate of drug-likeness (QED) is 0.0608. The van der Waals surface area contributed by atoms with Crippen molar-refractivity contribution in [2.75, 3.05) is 0 Å². The molecule has 3 aromatic carbocycles. The van der Waals surface area contributed by atoms with Gasteiger partial charge in [0.25, 0.3) is 0 Å². The van der Waals surface area contributed by atoms with Crippen molar-refractivity contribution in [3.05, 3.63) is 162 Å². The lowest BCUT2D eigenvalue weighted by atomic mass is 9.90. The largest absolute Gasteiger partial charge is 0.354 e. The summed E-state index contributed by atoms with van der Waals surface area (Å²) < 4.78 is 0. The van der Waals surface area contributed by atoms with E-state index in [4.69, 9.17) is 9.97 Å². The Bertz CT molecular complexity index is 4730. The van der Waals surface area contributed by atoms with Crippen molar-refractivity contribution in [2.45, 2.75) is 188 Å². The molecule has 0 radical (unpaired) electrons. The Balaban J connectivity index is 1.19. The van der Waals surface area contributed by atoms with Gasteiger partial charge in [0.15, 0.2) is 0 Å². The summed E-state index contributed by atoms with van der Waals surface area (Å²) in [5.41, 5.74) is 44.2. The fourth-order valence-electron chi connectivity index (χ4n) is 16.5. The average molecular weight is 1160 g/mol. The highest BCUT2D eigenvalue weighted by atomic mass is 14.8. The third-order valence-corrected chi connectivity index (χ3v) is 20.8. The number of aromatic nitrogens is 8. The molecular formula is C80H90N8. The zero-order chi connectivity index (χ0) is 61.7. The van der Waals surface area contributed by atoms with Gasteiger partial charge in [-0.25, -0.2) is 9.97 Å². The fourth-order valence-corrected chi connectivity index (χ4v) is 16.5. The Morgan fingerprint density at radius 1 is 0.284 bits per heavy atom. The second-order valence-corrected chi connectivity index (χ2v) is 24.9. The first-order valence-corrected chi connectivity index (χ1v) is 33.6. The summed E-state index contributed by atoms with van der Waals surface area (Å²) in [5.74, 6) is 0. The lowest BCUT2D eigenvalue weighted by molar-refractivity contribution is 1.07. The van der Waals surface area contributed by atoms with Crippen LogP contribution in [0.3, 0.4) is 0 Å². The Hall–Kier alpha value is -8.36. The molecule has 2 aliphatic rings. The van der Waals surface area contributed by atoms with E-state index < -0.39 is 0 Å². The molecule has 10 heterocycles. The smallest absolute Gasteiger partial charge is 0.0910 e. The van der Waals surface area contributed by atoms with E-state index in [0.29, 0.717) is 0 Å². The van der Waals surface area contributed by atoms with E-state index in [2.05, 4.69) is 213 Å². The molecule has 0 saturated heterocycles. The molecule has 0 fully saturated rings. The molecule has 16 bridgehead atoms. The maximum Gasteiger partial charge on any atom is 0.0910 e. The van der Waals surface area contributed by atoms with Crippen LogP contribution in [0.15, 0.2) is 72.8 Å². The number of hydrogen-bond donors (Lipinski definition) is 6. The molecule has 450 valence electrons. The summed E-state index contributed by atoms with van der Waals surface area (Å²) in [6, 6.07) is 28.5. The topological polar surface area (TPSA) is 121 Å². The molecule has 0 amide bonds. The molecule has 8 aromatic heterocycles. The Labute approximate surface area is 519 Å². The molecule has 8 nitrogen and oxygen atoms in total. The van der Waals surface area contributed by atoms with Crippen molar-refractivity contribution in [3.63, 3.8) is 0 Å². The van der Waals surface area contributed by atoms with Crippen molar-refractivity contribution in [2.24, 2.45) is 0 Å². The fraction of sp³-hybridized carbons (Fsp3) is 0.350. The van der Waals surface area contributed by atoms with Crippen LogP contribution in [-0.2, 0) is 51.4 Å². The number of hydrogen-bond acceptors (Lipinski definition) is 2. The summed E-state index contributed by atoms with van der Waals surface area (Å²) in [7, 11) is 0. The van der Waals surface area contributed by atoms with Crippen LogP contribution in [0.25, 0.3) is 132 Å². The zero-order valence-corrected chi connectivity index (χ0v) is 55.3. The number of aromatic amines is 6. The molecule has 6 N–H and O–H groups in total. The van der Waals surface area contributed by atoms with Crippen LogP contribution in [0.2, 0.25) is 0 Å². The van der Waals surface area contributed by atoms with Crippen LogP contribution in [0.5, 0.6) is 0 Å². The lowest BCUT2D eigenvalue weighted by Crippen LogP contribution is -1.90. The first-order valence-electron chi connectivity index (χ1n) is 33.6. The summed E-state index contributed by atoms with van der Waals surface area (Å²) in [5, 5.41) is 4.82. The number of nitrogens with one attached hydrogen (secondary N) is 6. The number of aryl methyl sites for hydroxylation is 12. The van der Waals surface area contributed by atoms with Crippen LogP contribution in [0.4, 0.5) is 0 Å². The molecule has 0 saturated carbocycles. The van der Waals surface area contributed by atoms with Gasteiger partial charge in [-0.1, -0.05) is 119 Å². The molecule has 0 spiro atoms. The maximum absolute atomic E-state index is 5.65. The first-order chi connectivity index (χ1) is 42.8. The summed E-state index contributed by atoms with van der Waals surface area (Å²) in [6.07, 6.45) is 10.9. The number of fused-ring (bicyclic) bond motifs is 20. The summed E-state index contributed by atoms with van der Waals surface area (Å²) in [6.45, 7) is 37.0. The van der Waals surface area contributed by atoms with E-state index in [1.165, 1.54) is 155 Å². The highest BCUT2D eigenvalue weighted by molar-refractivity contribution is 6.16. The molecular weight excluding hydrogens is 1070 g/mol. The summed E-state index contributed by atoms with van der Waals surface area (Å²) >= 11 is 0. The van der Waals surface area contributed by atoms with Crippen molar-refractivity contribution in [3.8, 4) is 22.3 Å². The van der Waals surface area contributed by atoms with Gasteiger partial charge in [-0.3, -0.25) is 0 Å². The Morgan fingerprint density at radius 2 is 0.580 bits per heavy atom. The molecule has 2 aliphatic heterocycles. The van der Waals surface area contributed by atoms with Gasteiger partial charge in [0.1, 0.15) is 0 Å². The highest BCUT2D eigenvalue weighted by Gasteiger charge is 2.28. The Morgan fingerprint density at radius 3 is 0.886 bits per heavy atom. The first kappa shape index (κ1) is 58.6. The molecule has 0 atom stereocenters. The van der Waals surface area contributed by atoms with Gasteiger partial charge in [0.05, 0.1) is 55.9 Å². The van der Waals surface area contributed by atoms with Crippen molar-refractivity contribution in [1.82, 2.24) is 39.9 Å². The van der Waals surface area contributed by atoms with Gasteiger partial charge >= 0.3 is 0 Å². The van der Waals surface area contributed by atoms with Crippen LogP contribution < -0.4 is 0 Å². The van der Waals surface area contributed by atoms with E-state index in [9.17, 15) is 0 Å². The predicted octanol–water partition coefficient (Wildman–Crippen LogP) is 22.2. The van der Waals surface area contributed by atoms with E-state index in [1.54, 1.807) is 0 Å². The predicted molar refractivity (Wildman–Crippen MR) is 381 cm³/mol. The van der Waals surface area contributed by atoms with Crippen molar-refractivity contribution >= 4 is 110 Å². The molecule has 8 heteroatoms. The van der Waals surface area contributed by atoms with Gasteiger partial charge in [-0.05, 0) is 263 Å². The van der Waals surface area contributed by atoms with Gasteiger partial charge in [-0.15, -0.1) is 0 Å². The summed E-state index contributed by atoms with van der Waals surface area (Å²) in [4.78, 5) is 36.2. The normalized spacial score (nSPS) is 13.0. The highest BCUT2D eigenvalue weighted by Crippen LogP contribution is 2.47. The third-order valence-electron chi connectivity index (χ3n) is 20.8. The van der Waals surface area contributed by atoms with E-state index >= 15 is 0 Å². The number of nitrogens with zero attached hydrogens (tertiary/aromatic N) is 2. The maximum atomic E-state index is 5.65. The number of allylic oxidation sites excluding steroid dienone is 4. The molecule has 0 aliphatic carbocycles.